The first-order valence-corrected chi connectivity index (χ1v) is 7.36. The lowest BCUT2D eigenvalue weighted by Gasteiger charge is -2.08. The third kappa shape index (κ3) is 2.44. The van der Waals surface area contributed by atoms with Gasteiger partial charge < -0.3 is 9.88 Å². The van der Waals surface area contributed by atoms with Crippen molar-refractivity contribution in [3.05, 3.63) is 57.8 Å². The predicted molar refractivity (Wildman–Crippen MR) is 83.6 cm³/mol. The summed E-state index contributed by atoms with van der Waals surface area (Å²) in [5, 5.41) is 4.90. The highest BCUT2D eigenvalue weighted by atomic mass is 32.1. The molecule has 20 heavy (non-hydrogen) atoms. The zero-order chi connectivity index (χ0) is 13.9. The summed E-state index contributed by atoms with van der Waals surface area (Å²) in [6.07, 6.45) is 3.73. The van der Waals surface area contributed by atoms with Gasteiger partial charge in [0.05, 0.1) is 12.1 Å². The molecule has 1 aromatic carbocycles. The van der Waals surface area contributed by atoms with E-state index in [1.807, 2.05) is 36.7 Å². The van der Waals surface area contributed by atoms with Crippen LogP contribution >= 0.6 is 11.3 Å². The van der Waals surface area contributed by atoms with Gasteiger partial charge in [-0.3, -0.25) is 4.79 Å². The van der Waals surface area contributed by atoms with Crippen LogP contribution in [-0.4, -0.2) is 16.1 Å². The molecule has 5 heteroatoms. The number of aromatic nitrogens is 2. The molecular weight excluding hydrogens is 270 g/mol. The summed E-state index contributed by atoms with van der Waals surface area (Å²) in [6.45, 7) is 3.65. The molecular formula is C15H15N3OS. The van der Waals surface area contributed by atoms with E-state index in [0.717, 1.165) is 34.0 Å². The molecule has 2 heterocycles. The van der Waals surface area contributed by atoms with Crippen molar-refractivity contribution in [1.29, 1.82) is 0 Å². The summed E-state index contributed by atoms with van der Waals surface area (Å²) in [4.78, 5) is 17.3. The van der Waals surface area contributed by atoms with Gasteiger partial charge in [0.2, 0.25) is 0 Å². The molecule has 0 unspecified atom stereocenters. The van der Waals surface area contributed by atoms with Gasteiger partial charge >= 0.3 is 0 Å². The summed E-state index contributed by atoms with van der Waals surface area (Å²) in [5.74, 6) is 0. The first-order valence-electron chi connectivity index (χ1n) is 6.54. The van der Waals surface area contributed by atoms with Crippen LogP contribution in [0.5, 0.6) is 0 Å². The van der Waals surface area contributed by atoms with E-state index in [0.29, 0.717) is 0 Å². The number of nitrogens with zero attached hydrogens (tertiary/aromatic N) is 2. The Balaban J connectivity index is 1.98. The number of para-hydroxylation sites is 1. The van der Waals surface area contributed by atoms with E-state index < -0.39 is 0 Å². The van der Waals surface area contributed by atoms with Gasteiger partial charge in [0, 0.05) is 35.3 Å². The molecule has 0 amide bonds. The Morgan fingerprint density at radius 1 is 1.30 bits per heavy atom. The molecule has 0 saturated carbocycles. The molecule has 1 N–H and O–H groups in total. The highest BCUT2D eigenvalue weighted by Gasteiger charge is 2.05. The largest absolute Gasteiger partial charge is 0.362 e. The molecule has 0 bridgehead atoms. The fourth-order valence-electron chi connectivity index (χ4n) is 2.18. The fraction of sp³-hybridized carbons (Fsp3) is 0.200. The third-order valence-electron chi connectivity index (χ3n) is 3.09. The Kier molecular flexibility index (Phi) is 3.52. The summed E-state index contributed by atoms with van der Waals surface area (Å²) in [7, 11) is 0. The van der Waals surface area contributed by atoms with Crippen LogP contribution in [0, 0.1) is 0 Å². The maximum atomic E-state index is 11.8. The number of benzene rings is 1. The summed E-state index contributed by atoms with van der Waals surface area (Å²) < 4.78 is 2.08. The Morgan fingerprint density at radius 3 is 3.00 bits per heavy atom. The second-order valence-electron chi connectivity index (χ2n) is 4.49. The molecule has 4 nitrogen and oxygen atoms in total. The lowest BCUT2D eigenvalue weighted by Crippen LogP contribution is -2.07. The normalized spacial score (nSPS) is 10.8. The molecule has 0 spiro atoms. The number of fused-ring (bicyclic) bond motifs is 1. The lowest BCUT2D eigenvalue weighted by atomic mass is 10.2. The van der Waals surface area contributed by atoms with Gasteiger partial charge in [0.25, 0.3) is 0 Å². The highest BCUT2D eigenvalue weighted by molar-refractivity contribution is 7.15. The maximum absolute atomic E-state index is 11.8. The molecule has 3 rings (SSSR count). The van der Waals surface area contributed by atoms with E-state index in [1.54, 1.807) is 17.4 Å². The molecule has 0 aliphatic carbocycles. The number of thiazole rings is 1. The number of rotatable bonds is 4. The van der Waals surface area contributed by atoms with Crippen LogP contribution in [0.15, 0.2) is 47.5 Å². The number of anilines is 1. The minimum Gasteiger partial charge on any atom is -0.362 e. The molecule has 102 valence electrons. The van der Waals surface area contributed by atoms with Crippen LogP contribution in [0.1, 0.15) is 11.8 Å². The Morgan fingerprint density at radius 2 is 2.15 bits per heavy atom. The number of pyridine rings is 1. The minimum absolute atomic E-state index is 0.0643. The molecule has 0 fully saturated rings. The monoisotopic (exact) mass is 285 g/mol. The van der Waals surface area contributed by atoms with Crippen molar-refractivity contribution in [2.75, 3.05) is 11.9 Å². The van der Waals surface area contributed by atoms with Gasteiger partial charge in [-0.05, 0) is 19.1 Å². The average Bonchev–Trinajstić information content (AvgIpc) is 2.90. The zero-order valence-corrected chi connectivity index (χ0v) is 12.0. The first-order chi connectivity index (χ1) is 9.78. The van der Waals surface area contributed by atoms with Crippen molar-refractivity contribution in [2.24, 2.45) is 0 Å². The first kappa shape index (κ1) is 12.9. The van der Waals surface area contributed by atoms with Crippen LogP contribution in [-0.2, 0) is 6.54 Å². The molecule has 0 saturated heterocycles. The van der Waals surface area contributed by atoms with Crippen LogP contribution in [0.4, 0.5) is 5.13 Å². The van der Waals surface area contributed by atoms with E-state index in [1.165, 1.54) is 0 Å². The standard InChI is InChI=1S/C15H15N3OS/c1-2-16-15-17-9-11(20-15)10-18-8-7-14(19)12-5-3-4-6-13(12)18/h3-9H,2,10H2,1H3,(H,16,17). The van der Waals surface area contributed by atoms with Crippen molar-refractivity contribution < 1.29 is 0 Å². The summed E-state index contributed by atoms with van der Waals surface area (Å²) in [5.41, 5.74) is 1.02. The van der Waals surface area contributed by atoms with Gasteiger partial charge in [-0.1, -0.05) is 12.1 Å². The van der Waals surface area contributed by atoms with Crippen molar-refractivity contribution in [2.45, 2.75) is 13.5 Å². The van der Waals surface area contributed by atoms with Crippen LogP contribution in [0.3, 0.4) is 0 Å². The van der Waals surface area contributed by atoms with E-state index in [9.17, 15) is 4.79 Å². The van der Waals surface area contributed by atoms with Crippen molar-refractivity contribution in [1.82, 2.24) is 9.55 Å². The van der Waals surface area contributed by atoms with E-state index in [4.69, 9.17) is 0 Å². The third-order valence-corrected chi connectivity index (χ3v) is 4.03. The van der Waals surface area contributed by atoms with Gasteiger partial charge in [0.1, 0.15) is 0 Å². The van der Waals surface area contributed by atoms with Gasteiger partial charge in [0.15, 0.2) is 10.6 Å². The lowest BCUT2D eigenvalue weighted by molar-refractivity contribution is 0.837. The molecule has 0 aliphatic heterocycles. The highest BCUT2D eigenvalue weighted by Crippen LogP contribution is 2.20. The fourth-order valence-corrected chi connectivity index (χ4v) is 3.06. The van der Waals surface area contributed by atoms with E-state index >= 15 is 0 Å². The second-order valence-corrected chi connectivity index (χ2v) is 5.60. The summed E-state index contributed by atoms with van der Waals surface area (Å²) in [6, 6.07) is 9.31. The Hall–Kier alpha value is -2.14. The Bertz CT molecular complexity index is 791. The van der Waals surface area contributed by atoms with Crippen molar-refractivity contribution in [3.63, 3.8) is 0 Å². The zero-order valence-electron chi connectivity index (χ0n) is 11.2. The van der Waals surface area contributed by atoms with Gasteiger partial charge in [-0.15, -0.1) is 11.3 Å². The van der Waals surface area contributed by atoms with Crippen molar-refractivity contribution >= 4 is 27.4 Å². The predicted octanol–water partition coefficient (Wildman–Crippen LogP) is 2.94. The topological polar surface area (TPSA) is 46.9 Å². The van der Waals surface area contributed by atoms with Crippen LogP contribution in [0.2, 0.25) is 0 Å². The van der Waals surface area contributed by atoms with Gasteiger partial charge in [-0.25, -0.2) is 4.98 Å². The van der Waals surface area contributed by atoms with Crippen LogP contribution in [0.25, 0.3) is 10.9 Å². The van der Waals surface area contributed by atoms with Crippen molar-refractivity contribution in [3.8, 4) is 0 Å². The molecule has 3 aromatic rings. The molecule has 0 radical (unpaired) electrons. The Labute approximate surface area is 120 Å². The van der Waals surface area contributed by atoms with E-state index in [2.05, 4.69) is 21.8 Å². The number of hydrogen-bond donors (Lipinski definition) is 1. The smallest absolute Gasteiger partial charge is 0.189 e. The van der Waals surface area contributed by atoms with Crippen LogP contribution < -0.4 is 10.7 Å². The van der Waals surface area contributed by atoms with Gasteiger partial charge in [-0.2, -0.15) is 0 Å². The quantitative estimate of drug-likeness (QED) is 0.801. The average molecular weight is 285 g/mol. The minimum atomic E-state index is 0.0643. The number of hydrogen-bond acceptors (Lipinski definition) is 4. The molecule has 0 atom stereocenters. The molecule has 0 aliphatic rings. The number of nitrogens with one attached hydrogen (secondary N) is 1. The second kappa shape index (κ2) is 5.46. The summed E-state index contributed by atoms with van der Waals surface area (Å²) >= 11 is 1.64. The SMILES string of the molecule is CCNc1ncc(Cn2ccc(=O)c3ccccc32)s1. The van der Waals surface area contributed by atoms with E-state index in [-0.39, 0.29) is 5.43 Å². The maximum Gasteiger partial charge on any atom is 0.189 e. The molecule has 2 aromatic heterocycles.